The van der Waals surface area contributed by atoms with E-state index in [0.717, 1.165) is 12.1 Å². The number of benzene rings is 1. The van der Waals surface area contributed by atoms with Crippen molar-refractivity contribution >= 4 is 0 Å². The predicted molar refractivity (Wildman–Crippen MR) is 79.5 cm³/mol. The van der Waals surface area contributed by atoms with Gasteiger partial charge in [0.15, 0.2) is 0 Å². The van der Waals surface area contributed by atoms with Gasteiger partial charge in [-0.3, -0.25) is 4.90 Å². The van der Waals surface area contributed by atoms with Crippen molar-refractivity contribution in [3.63, 3.8) is 0 Å². The van der Waals surface area contributed by atoms with Crippen molar-refractivity contribution in [3.8, 4) is 5.75 Å². The molecule has 0 heterocycles. The number of halogens is 2. The zero-order valence-corrected chi connectivity index (χ0v) is 12.5. The van der Waals surface area contributed by atoms with Crippen LogP contribution < -0.4 is 10.5 Å². The largest absolute Gasteiger partial charge is 0.434 e. The number of alkyl halides is 2. The van der Waals surface area contributed by atoms with Crippen LogP contribution >= 0.6 is 0 Å². The molecule has 3 nitrogen and oxygen atoms in total. The number of ether oxygens (including phenoxy) is 1. The lowest BCUT2D eigenvalue weighted by Crippen LogP contribution is -2.34. The highest BCUT2D eigenvalue weighted by atomic mass is 19.3. The second-order valence-corrected chi connectivity index (χ2v) is 5.76. The molecule has 1 aromatic carbocycles. The van der Waals surface area contributed by atoms with Crippen molar-refractivity contribution in [2.24, 2.45) is 11.7 Å². The van der Waals surface area contributed by atoms with Crippen LogP contribution in [0, 0.1) is 5.92 Å². The first-order valence-electron chi connectivity index (χ1n) is 7.56. The molecular weight excluding hydrogens is 274 g/mol. The van der Waals surface area contributed by atoms with Crippen LogP contribution in [-0.4, -0.2) is 31.6 Å². The number of hydrogen-bond acceptors (Lipinski definition) is 3. The molecule has 0 saturated heterocycles. The Kier molecular flexibility index (Phi) is 5.94. The molecule has 21 heavy (non-hydrogen) atoms. The molecule has 1 aliphatic carbocycles. The molecule has 118 valence electrons. The first-order chi connectivity index (χ1) is 10.1. The van der Waals surface area contributed by atoms with Crippen molar-refractivity contribution in [1.29, 1.82) is 0 Å². The Morgan fingerprint density at radius 2 is 1.95 bits per heavy atom. The first-order valence-corrected chi connectivity index (χ1v) is 7.56. The molecule has 0 aromatic heterocycles. The maximum Gasteiger partial charge on any atom is 0.387 e. The molecule has 0 aliphatic heterocycles. The van der Waals surface area contributed by atoms with E-state index < -0.39 is 6.61 Å². The molecule has 0 radical (unpaired) electrons. The van der Waals surface area contributed by atoms with Crippen LogP contribution in [-0.2, 0) is 0 Å². The number of para-hydroxylation sites is 1. The summed E-state index contributed by atoms with van der Waals surface area (Å²) in [5, 5.41) is 0. The number of nitrogens with zero attached hydrogens (tertiary/aromatic N) is 1. The molecule has 0 amide bonds. The highest BCUT2D eigenvalue weighted by Gasteiger charge is 2.24. The van der Waals surface area contributed by atoms with E-state index in [1.165, 1.54) is 25.7 Å². The Morgan fingerprint density at radius 3 is 2.57 bits per heavy atom. The molecule has 0 bridgehead atoms. The number of likely N-dealkylation sites (N-methyl/N-ethyl adjacent to an activating group) is 1. The van der Waals surface area contributed by atoms with E-state index in [2.05, 4.69) is 9.64 Å². The van der Waals surface area contributed by atoms with Gasteiger partial charge in [0.2, 0.25) is 0 Å². The van der Waals surface area contributed by atoms with E-state index in [0.29, 0.717) is 12.5 Å². The van der Waals surface area contributed by atoms with Crippen LogP contribution in [0.4, 0.5) is 8.78 Å². The summed E-state index contributed by atoms with van der Waals surface area (Å²) in [6.07, 6.45) is 5.07. The zero-order chi connectivity index (χ0) is 15.2. The Bertz CT molecular complexity index is 436. The molecule has 2 rings (SSSR count). The highest BCUT2D eigenvalue weighted by Crippen LogP contribution is 2.32. The minimum atomic E-state index is -2.82. The number of hydrogen-bond donors (Lipinski definition) is 1. The molecular formula is C16H24F2N2O. The summed E-state index contributed by atoms with van der Waals surface area (Å²) in [5.74, 6) is 0.911. The van der Waals surface area contributed by atoms with Gasteiger partial charge in [0.25, 0.3) is 0 Å². The minimum Gasteiger partial charge on any atom is -0.434 e. The first kappa shape index (κ1) is 16.2. The summed E-state index contributed by atoms with van der Waals surface area (Å²) in [4.78, 5) is 2.17. The lowest BCUT2D eigenvalue weighted by atomic mass is 10.0. The van der Waals surface area contributed by atoms with Gasteiger partial charge in [-0.1, -0.05) is 31.0 Å². The van der Waals surface area contributed by atoms with E-state index in [1.807, 2.05) is 19.2 Å². The maximum atomic E-state index is 12.5. The van der Waals surface area contributed by atoms with Gasteiger partial charge in [0.1, 0.15) is 5.75 Å². The number of rotatable bonds is 7. The van der Waals surface area contributed by atoms with E-state index in [4.69, 9.17) is 5.73 Å². The van der Waals surface area contributed by atoms with Gasteiger partial charge < -0.3 is 10.5 Å². The lowest BCUT2D eigenvalue weighted by Gasteiger charge is -2.30. The van der Waals surface area contributed by atoms with E-state index in [-0.39, 0.29) is 11.8 Å². The van der Waals surface area contributed by atoms with Gasteiger partial charge in [-0.25, -0.2) is 0 Å². The summed E-state index contributed by atoms with van der Waals surface area (Å²) >= 11 is 0. The van der Waals surface area contributed by atoms with Gasteiger partial charge in [-0.05, 0) is 31.9 Å². The van der Waals surface area contributed by atoms with Crippen molar-refractivity contribution < 1.29 is 13.5 Å². The van der Waals surface area contributed by atoms with Gasteiger partial charge in [0, 0.05) is 18.7 Å². The quantitative estimate of drug-likeness (QED) is 0.838. The summed E-state index contributed by atoms with van der Waals surface area (Å²) in [7, 11) is 2.01. The Hall–Kier alpha value is -1.20. The molecule has 2 N–H and O–H groups in total. The fourth-order valence-corrected chi connectivity index (χ4v) is 3.23. The fourth-order valence-electron chi connectivity index (χ4n) is 3.23. The van der Waals surface area contributed by atoms with Crippen LogP contribution in [0.1, 0.15) is 37.3 Å². The van der Waals surface area contributed by atoms with Gasteiger partial charge in [-0.15, -0.1) is 0 Å². The standard InChI is InChI=1S/C16H24F2N2O/c1-20(11-12-6-2-3-7-12)14(10-19)13-8-4-5-9-15(13)21-16(17)18/h4-5,8-9,12,14,16H,2-3,6-7,10-11,19H2,1H3. The third kappa shape index (κ3) is 4.38. The fraction of sp³-hybridized carbons (Fsp3) is 0.625. The Balaban J connectivity index is 2.11. The maximum absolute atomic E-state index is 12.5. The van der Waals surface area contributed by atoms with Crippen molar-refractivity contribution in [2.45, 2.75) is 38.3 Å². The van der Waals surface area contributed by atoms with Gasteiger partial charge in [0.05, 0.1) is 6.04 Å². The van der Waals surface area contributed by atoms with Gasteiger partial charge >= 0.3 is 6.61 Å². The summed E-state index contributed by atoms with van der Waals surface area (Å²) in [6.45, 7) is -1.48. The SMILES string of the molecule is CN(CC1CCCC1)C(CN)c1ccccc1OC(F)F. The van der Waals surface area contributed by atoms with Crippen molar-refractivity contribution in [2.75, 3.05) is 20.1 Å². The minimum absolute atomic E-state index is 0.0967. The van der Waals surface area contributed by atoms with Crippen LogP contribution in [0.3, 0.4) is 0 Å². The molecule has 5 heteroatoms. The second kappa shape index (κ2) is 7.71. The Labute approximate surface area is 125 Å². The normalized spacial score (nSPS) is 17.6. The van der Waals surface area contributed by atoms with E-state index >= 15 is 0 Å². The predicted octanol–water partition coefficient (Wildman–Crippen LogP) is 3.41. The third-order valence-electron chi connectivity index (χ3n) is 4.27. The van der Waals surface area contributed by atoms with Crippen LogP contribution in [0.15, 0.2) is 24.3 Å². The highest BCUT2D eigenvalue weighted by molar-refractivity contribution is 5.36. The monoisotopic (exact) mass is 298 g/mol. The number of nitrogens with two attached hydrogens (primary N) is 1. The molecule has 1 atom stereocenters. The summed E-state index contributed by atoms with van der Waals surface area (Å²) < 4.78 is 29.7. The third-order valence-corrected chi connectivity index (χ3v) is 4.27. The van der Waals surface area contributed by atoms with E-state index in [9.17, 15) is 8.78 Å². The smallest absolute Gasteiger partial charge is 0.387 e. The average Bonchev–Trinajstić information content (AvgIpc) is 2.93. The van der Waals surface area contributed by atoms with Crippen LogP contribution in [0.5, 0.6) is 5.75 Å². The van der Waals surface area contributed by atoms with Crippen molar-refractivity contribution in [1.82, 2.24) is 4.90 Å². The van der Waals surface area contributed by atoms with Crippen LogP contribution in [0.25, 0.3) is 0 Å². The summed E-state index contributed by atoms with van der Waals surface area (Å²) in [6, 6.07) is 6.83. The Morgan fingerprint density at radius 1 is 1.29 bits per heavy atom. The molecule has 1 unspecified atom stereocenters. The molecule has 1 aliphatic rings. The summed E-state index contributed by atoms with van der Waals surface area (Å²) in [5.41, 5.74) is 6.63. The van der Waals surface area contributed by atoms with Crippen molar-refractivity contribution in [3.05, 3.63) is 29.8 Å². The molecule has 1 saturated carbocycles. The average molecular weight is 298 g/mol. The molecule has 0 spiro atoms. The van der Waals surface area contributed by atoms with Crippen LogP contribution in [0.2, 0.25) is 0 Å². The van der Waals surface area contributed by atoms with Gasteiger partial charge in [-0.2, -0.15) is 8.78 Å². The zero-order valence-electron chi connectivity index (χ0n) is 12.5. The lowest BCUT2D eigenvalue weighted by molar-refractivity contribution is -0.0511. The molecule has 1 fully saturated rings. The van der Waals surface area contributed by atoms with E-state index in [1.54, 1.807) is 12.1 Å². The second-order valence-electron chi connectivity index (χ2n) is 5.76. The molecule has 1 aromatic rings. The topological polar surface area (TPSA) is 38.5 Å².